The van der Waals surface area contributed by atoms with Crippen molar-refractivity contribution in [3.8, 4) is 0 Å². The Morgan fingerprint density at radius 1 is 1.13 bits per heavy atom. The van der Waals surface area contributed by atoms with E-state index < -0.39 is 15.5 Å². The molecule has 9 heteroatoms. The number of likely N-dealkylation sites (tertiary alicyclic amines) is 1. The number of aromatic amines is 1. The second kappa shape index (κ2) is 8.13. The second-order valence-corrected chi connectivity index (χ2v) is 10.3. The number of nitrogens with zero attached hydrogens (tertiary/aromatic N) is 2. The van der Waals surface area contributed by atoms with Gasteiger partial charge in [0.15, 0.2) is 0 Å². The Bertz CT molecular complexity index is 1110. The minimum absolute atomic E-state index is 0.0460. The van der Waals surface area contributed by atoms with Crippen LogP contribution in [-0.4, -0.2) is 67.9 Å². The van der Waals surface area contributed by atoms with Crippen molar-refractivity contribution in [1.82, 2.24) is 14.2 Å². The van der Waals surface area contributed by atoms with Crippen molar-refractivity contribution in [3.63, 3.8) is 0 Å². The third-order valence-electron chi connectivity index (χ3n) is 5.85. The normalized spacial score (nSPS) is 23.6. The minimum Gasteiger partial charge on any atom is -0.379 e. The summed E-state index contributed by atoms with van der Waals surface area (Å²) in [5.74, 6) is 0.447. The summed E-state index contributed by atoms with van der Waals surface area (Å²) in [6.45, 7) is 6.68. The molecule has 2 aromatic rings. The molecule has 2 atom stereocenters. The van der Waals surface area contributed by atoms with Gasteiger partial charge in [-0.15, -0.1) is 0 Å². The van der Waals surface area contributed by atoms with E-state index in [9.17, 15) is 18.0 Å². The van der Waals surface area contributed by atoms with Crippen LogP contribution in [0.4, 0.5) is 0 Å². The monoisotopic (exact) mass is 433 g/mol. The second-order valence-electron chi connectivity index (χ2n) is 8.41. The molecule has 2 aliphatic rings. The first kappa shape index (κ1) is 21.0. The molecule has 0 aliphatic carbocycles. The van der Waals surface area contributed by atoms with E-state index >= 15 is 0 Å². The molecule has 162 valence electrons. The first-order valence-electron chi connectivity index (χ1n) is 10.3. The van der Waals surface area contributed by atoms with Gasteiger partial charge >= 0.3 is 0 Å². The summed E-state index contributed by atoms with van der Waals surface area (Å²) in [6, 6.07) is 4.43. The first-order chi connectivity index (χ1) is 14.3. The number of nitrogens with one attached hydrogen (secondary N) is 1. The van der Waals surface area contributed by atoms with E-state index in [0.29, 0.717) is 43.7 Å². The zero-order chi connectivity index (χ0) is 21.5. The zero-order valence-corrected chi connectivity index (χ0v) is 18.1. The van der Waals surface area contributed by atoms with Gasteiger partial charge in [-0.25, -0.2) is 8.42 Å². The summed E-state index contributed by atoms with van der Waals surface area (Å²) >= 11 is 0. The van der Waals surface area contributed by atoms with Gasteiger partial charge in [0.1, 0.15) is 5.56 Å². The number of benzene rings is 1. The molecule has 8 nitrogen and oxygen atoms in total. The van der Waals surface area contributed by atoms with Gasteiger partial charge in [-0.1, -0.05) is 13.8 Å². The molecular formula is C21H27N3O5S. The van der Waals surface area contributed by atoms with Crippen LogP contribution in [0, 0.1) is 11.8 Å². The van der Waals surface area contributed by atoms with Gasteiger partial charge < -0.3 is 14.6 Å². The van der Waals surface area contributed by atoms with Crippen LogP contribution in [0.1, 0.15) is 30.6 Å². The van der Waals surface area contributed by atoms with E-state index in [1.165, 1.54) is 22.6 Å². The number of aromatic nitrogens is 1. The standard InChI is InChI=1S/C21H27N3O5S/c1-14-9-15(2)13-23(12-14)21(26)18-11-22-19-4-3-16(10-17(19)20(18)25)30(27,28)24-5-7-29-8-6-24/h3-4,10-11,14-15H,5-9,12-13H2,1-2H3,(H,22,25)/t14-,15-/m0/s1. The number of hydrogen-bond acceptors (Lipinski definition) is 5. The molecule has 2 saturated heterocycles. The fourth-order valence-electron chi connectivity index (χ4n) is 4.45. The van der Waals surface area contributed by atoms with Crippen molar-refractivity contribution in [2.24, 2.45) is 11.8 Å². The molecule has 0 bridgehead atoms. The molecule has 1 amide bonds. The van der Waals surface area contributed by atoms with Crippen LogP contribution < -0.4 is 5.43 Å². The lowest BCUT2D eigenvalue weighted by molar-refractivity contribution is 0.0621. The van der Waals surface area contributed by atoms with Crippen molar-refractivity contribution in [1.29, 1.82) is 0 Å². The number of carbonyl (C=O) groups excluding carboxylic acids is 1. The number of piperidine rings is 1. The SMILES string of the molecule is C[C@H]1C[C@H](C)CN(C(=O)c2c[nH]c3ccc(S(=O)(=O)N4CCOCC4)cc3c2=O)C1. The number of fused-ring (bicyclic) bond motifs is 1. The Balaban J connectivity index is 1.71. The van der Waals surface area contributed by atoms with Gasteiger partial charge in [-0.05, 0) is 36.5 Å². The van der Waals surface area contributed by atoms with Crippen LogP contribution in [0.15, 0.2) is 34.1 Å². The molecule has 0 unspecified atom stereocenters. The van der Waals surface area contributed by atoms with Gasteiger partial charge in [0, 0.05) is 43.3 Å². The van der Waals surface area contributed by atoms with Gasteiger partial charge in [-0.3, -0.25) is 9.59 Å². The quantitative estimate of drug-likeness (QED) is 0.794. The maximum Gasteiger partial charge on any atom is 0.259 e. The number of carbonyl (C=O) groups is 1. The summed E-state index contributed by atoms with van der Waals surface area (Å²) in [6.07, 6.45) is 2.49. The van der Waals surface area contributed by atoms with Crippen LogP contribution in [0.2, 0.25) is 0 Å². The number of morpholine rings is 1. The highest BCUT2D eigenvalue weighted by molar-refractivity contribution is 7.89. The van der Waals surface area contributed by atoms with Crippen LogP contribution in [-0.2, 0) is 14.8 Å². The zero-order valence-electron chi connectivity index (χ0n) is 17.3. The van der Waals surface area contributed by atoms with Crippen LogP contribution in [0.25, 0.3) is 10.9 Å². The van der Waals surface area contributed by atoms with Gasteiger partial charge in [0.25, 0.3) is 5.91 Å². The molecule has 1 aromatic carbocycles. The smallest absolute Gasteiger partial charge is 0.259 e. The molecular weight excluding hydrogens is 406 g/mol. The Morgan fingerprint density at radius 3 is 2.47 bits per heavy atom. The predicted octanol–water partition coefficient (Wildman–Crippen LogP) is 1.67. The first-order valence-corrected chi connectivity index (χ1v) is 11.7. The van der Waals surface area contributed by atoms with Crippen LogP contribution in [0.3, 0.4) is 0 Å². The summed E-state index contributed by atoms with van der Waals surface area (Å²) < 4.78 is 32.5. The van der Waals surface area contributed by atoms with E-state index in [2.05, 4.69) is 18.8 Å². The third-order valence-corrected chi connectivity index (χ3v) is 7.74. The molecule has 0 radical (unpaired) electrons. The maximum absolute atomic E-state index is 13.1. The summed E-state index contributed by atoms with van der Waals surface area (Å²) in [5, 5.41) is 0.202. The lowest BCUT2D eigenvalue weighted by Crippen LogP contribution is -2.44. The number of pyridine rings is 1. The van der Waals surface area contributed by atoms with Gasteiger partial charge in [0.05, 0.1) is 18.1 Å². The molecule has 2 aliphatic heterocycles. The Morgan fingerprint density at radius 2 is 1.80 bits per heavy atom. The highest BCUT2D eigenvalue weighted by Gasteiger charge is 2.29. The van der Waals surface area contributed by atoms with E-state index in [1.807, 2.05) is 0 Å². The average molecular weight is 434 g/mol. The van der Waals surface area contributed by atoms with Gasteiger partial charge in [-0.2, -0.15) is 4.31 Å². The third kappa shape index (κ3) is 3.89. The highest BCUT2D eigenvalue weighted by Crippen LogP contribution is 2.23. The molecule has 1 N–H and O–H groups in total. The van der Waals surface area contributed by atoms with Crippen molar-refractivity contribution in [2.45, 2.75) is 25.2 Å². The maximum atomic E-state index is 13.1. The van der Waals surface area contributed by atoms with E-state index in [1.54, 1.807) is 11.0 Å². The number of sulfonamides is 1. The molecule has 4 rings (SSSR count). The lowest BCUT2D eigenvalue weighted by Gasteiger charge is -2.34. The van der Waals surface area contributed by atoms with E-state index in [0.717, 1.165) is 6.42 Å². The van der Waals surface area contributed by atoms with Crippen molar-refractivity contribution in [2.75, 3.05) is 39.4 Å². The largest absolute Gasteiger partial charge is 0.379 e. The molecule has 2 fully saturated rings. The molecule has 0 spiro atoms. The van der Waals surface area contributed by atoms with Crippen molar-refractivity contribution < 1.29 is 17.9 Å². The Kier molecular flexibility index (Phi) is 5.69. The molecule has 1 aromatic heterocycles. The summed E-state index contributed by atoms with van der Waals surface area (Å²) in [5.41, 5.74) is 0.0984. The van der Waals surface area contributed by atoms with E-state index in [-0.39, 0.29) is 34.8 Å². The number of amides is 1. The number of hydrogen-bond donors (Lipinski definition) is 1. The van der Waals surface area contributed by atoms with Crippen LogP contribution >= 0.6 is 0 Å². The molecule has 0 saturated carbocycles. The van der Waals surface area contributed by atoms with Gasteiger partial charge in [0.2, 0.25) is 15.5 Å². The Labute approximate surface area is 175 Å². The predicted molar refractivity (Wildman–Crippen MR) is 113 cm³/mol. The van der Waals surface area contributed by atoms with E-state index in [4.69, 9.17) is 4.74 Å². The topological polar surface area (TPSA) is 99.8 Å². The van der Waals surface area contributed by atoms with Crippen molar-refractivity contribution >= 4 is 26.8 Å². The number of rotatable bonds is 3. The summed E-state index contributed by atoms with van der Waals surface area (Å²) in [7, 11) is -3.73. The Hall–Kier alpha value is -2.23. The highest BCUT2D eigenvalue weighted by atomic mass is 32.2. The average Bonchev–Trinajstić information content (AvgIpc) is 2.73. The number of H-pyrrole nitrogens is 1. The molecule has 30 heavy (non-hydrogen) atoms. The molecule has 3 heterocycles. The minimum atomic E-state index is -3.73. The summed E-state index contributed by atoms with van der Waals surface area (Å²) in [4.78, 5) is 30.9. The fraction of sp³-hybridized carbons (Fsp3) is 0.524. The fourth-order valence-corrected chi connectivity index (χ4v) is 5.89. The number of ether oxygens (including phenoxy) is 1. The van der Waals surface area contributed by atoms with Crippen LogP contribution in [0.5, 0.6) is 0 Å². The van der Waals surface area contributed by atoms with Crippen molar-refractivity contribution in [3.05, 3.63) is 40.2 Å². The lowest BCUT2D eigenvalue weighted by atomic mass is 9.91.